The quantitative estimate of drug-likeness (QED) is 0.822. The summed E-state index contributed by atoms with van der Waals surface area (Å²) in [5.74, 6) is -2.55. The van der Waals surface area contributed by atoms with Gasteiger partial charge in [-0.1, -0.05) is 0 Å². The van der Waals surface area contributed by atoms with Gasteiger partial charge in [0.2, 0.25) is 0 Å². The zero-order valence-electron chi connectivity index (χ0n) is 11.6. The van der Waals surface area contributed by atoms with Crippen molar-refractivity contribution in [3.63, 3.8) is 0 Å². The molecule has 0 aliphatic carbocycles. The Morgan fingerprint density at radius 2 is 1.41 bits per heavy atom. The van der Waals surface area contributed by atoms with Crippen LogP contribution in [0.15, 0.2) is 42.5 Å². The summed E-state index contributed by atoms with van der Waals surface area (Å²) in [4.78, 5) is 34.7. The van der Waals surface area contributed by atoms with Crippen LogP contribution in [-0.2, 0) is 0 Å². The van der Waals surface area contributed by atoms with Crippen LogP contribution in [0, 0.1) is 0 Å². The van der Waals surface area contributed by atoms with Gasteiger partial charge < -0.3 is 14.9 Å². The van der Waals surface area contributed by atoms with Crippen molar-refractivity contribution in [3.8, 4) is 5.75 Å². The molecule has 0 amide bonds. The summed E-state index contributed by atoms with van der Waals surface area (Å²) in [7, 11) is 1.48. The standard InChI is InChI=1S/C16H12O6/c1-22-11-5-2-9(3-6-11)14(17)13-8-10(15(18)19)4-7-12(13)16(20)21/h2-8H,1H3,(H,18,19)(H,20,21). The van der Waals surface area contributed by atoms with E-state index in [-0.39, 0.29) is 22.3 Å². The Bertz CT molecular complexity index is 746. The highest BCUT2D eigenvalue weighted by Crippen LogP contribution is 2.19. The molecule has 0 saturated heterocycles. The summed E-state index contributed by atoms with van der Waals surface area (Å²) in [6.07, 6.45) is 0. The molecule has 2 aromatic carbocycles. The maximum Gasteiger partial charge on any atom is 0.336 e. The van der Waals surface area contributed by atoms with Crippen molar-refractivity contribution in [2.45, 2.75) is 0 Å². The van der Waals surface area contributed by atoms with Crippen molar-refractivity contribution >= 4 is 17.7 Å². The van der Waals surface area contributed by atoms with Crippen molar-refractivity contribution in [1.29, 1.82) is 0 Å². The van der Waals surface area contributed by atoms with Crippen LogP contribution < -0.4 is 4.74 Å². The second kappa shape index (κ2) is 6.09. The smallest absolute Gasteiger partial charge is 0.336 e. The lowest BCUT2D eigenvalue weighted by molar-refractivity contribution is 0.0679. The average molecular weight is 300 g/mol. The van der Waals surface area contributed by atoms with Gasteiger partial charge in [-0.3, -0.25) is 4.79 Å². The molecule has 0 unspecified atom stereocenters. The first-order chi connectivity index (χ1) is 10.4. The lowest BCUT2D eigenvalue weighted by atomic mass is 9.96. The highest BCUT2D eigenvalue weighted by atomic mass is 16.5. The molecule has 2 rings (SSSR count). The number of ketones is 1. The molecule has 2 aromatic rings. The first kappa shape index (κ1) is 15.2. The van der Waals surface area contributed by atoms with Crippen molar-refractivity contribution in [2.24, 2.45) is 0 Å². The van der Waals surface area contributed by atoms with Crippen molar-refractivity contribution < 1.29 is 29.3 Å². The molecule has 0 spiro atoms. The fraction of sp³-hybridized carbons (Fsp3) is 0.0625. The van der Waals surface area contributed by atoms with Crippen molar-refractivity contribution in [1.82, 2.24) is 0 Å². The largest absolute Gasteiger partial charge is 0.497 e. The van der Waals surface area contributed by atoms with Gasteiger partial charge in [0.25, 0.3) is 0 Å². The molecule has 112 valence electrons. The number of aromatic carboxylic acids is 2. The Morgan fingerprint density at radius 1 is 0.818 bits per heavy atom. The summed E-state index contributed by atoms with van der Waals surface area (Å²) in [6.45, 7) is 0. The van der Waals surface area contributed by atoms with Gasteiger partial charge in [-0.25, -0.2) is 9.59 Å². The Balaban J connectivity index is 2.52. The van der Waals surface area contributed by atoms with Crippen LogP contribution in [0.1, 0.15) is 36.6 Å². The number of rotatable bonds is 5. The maximum atomic E-state index is 12.4. The molecule has 0 fully saturated rings. The molecule has 0 aromatic heterocycles. The van der Waals surface area contributed by atoms with Gasteiger partial charge in [0.05, 0.1) is 18.2 Å². The van der Waals surface area contributed by atoms with Crippen LogP contribution in [0.5, 0.6) is 5.75 Å². The Hall–Kier alpha value is -3.15. The number of benzene rings is 2. The molecule has 0 saturated carbocycles. The minimum absolute atomic E-state index is 0.151. The third kappa shape index (κ3) is 2.95. The summed E-state index contributed by atoms with van der Waals surface area (Å²) in [5, 5.41) is 18.1. The van der Waals surface area contributed by atoms with E-state index in [9.17, 15) is 14.4 Å². The number of methoxy groups -OCH3 is 1. The van der Waals surface area contributed by atoms with Gasteiger partial charge in [0.1, 0.15) is 5.75 Å². The molecule has 22 heavy (non-hydrogen) atoms. The Labute approximate surface area is 125 Å². The molecule has 2 N–H and O–H groups in total. The molecule has 6 heteroatoms. The zero-order valence-corrected chi connectivity index (χ0v) is 11.6. The summed E-state index contributed by atoms with van der Waals surface area (Å²) < 4.78 is 4.98. The number of ether oxygens (including phenoxy) is 1. The predicted molar refractivity (Wildman–Crippen MR) is 76.8 cm³/mol. The van der Waals surface area contributed by atoms with Gasteiger partial charge in [-0.2, -0.15) is 0 Å². The monoisotopic (exact) mass is 300 g/mol. The maximum absolute atomic E-state index is 12.4. The molecule has 0 bridgehead atoms. The fourth-order valence-corrected chi connectivity index (χ4v) is 1.95. The molecular weight excluding hydrogens is 288 g/mol. The molecule has 0 atom stereocenters. The van der Waals surface area contributed by atoms with E-state index in [2.05, 4.69) is 0 Å². The van der Waals surface area contributed by atoms with Crippen LogP contribution >= 0.6 is 0 Å². The summed E-state index contributed by atoms with van der Waals surface area (Å²) in [5.41, 5.74) is -0.323. The van der Waals surface area contributed by atoms with E-state index in [1.54, 1.807) is 12.1 Å². The van der Waals surface area contributed by atoms with Crippen molar-refractivity contribution in [3.05, 3.63) is 64.7 Å². The first-order valence-corrected chi connectivity index (χ1v) is 6.23. The topological polar surface area (TPSA) is 101 Å². The lowest BCUT2D eigenvalue weighted by Gasteiger charge is -2.07. The minimum Gasteiger partial charge on any atom is -0.497 e. The fourth-order valence-electron chi connectivity index (χ4n) is 1.95. The summed E-state index contributed by atoms with van der Waals surface area (Å²) in [6, 6.07) is 9.43. The second-order valence-corrected chi connectivity index (χ2v) is 4.43. The van der Waals surface area contributed by atoms with E-state index in [4.69, 9.17) is 14.9 Å². The van der Waals surface area contributed by atoms with E-state index in [1.165, 1.54) is 19.2 Å². The van der Waals surface area contributed by atoms with Crippen LogP contribution in [-0.4, -0.2) is 35.0 Å². The van der Waals surface area contributed by atoms with Gasteiger partial charge in [0, 0.05) is 11.1 Å². The van der Waals surface area contributed by atoms with Crippen molar-refractivity contribution in [2.75, 3.05) is 7.11 Å². The molecule has 0 heterocycles. The van der Waals surface area contributed by atoms with Crippen LogP contribution in [0.4, 0.5) is 0 Å². The van der Waals surface area contributed by atoms with Gasteiger partial charge >= 0.3 is 11.9 Å². The van der Waals surface area contributed by atoms with Crippen LogP contribution in [0.2, 0.25) is 0 Å². The number of hydrogen-bond acceptors (Lipinski definition) is 4. The SMILES string of the molecule is COc1ccc(C(=O)c2cc(C(=O)O)ccc2C(=O)O)cc1. The van der Waals surface area contributed by atoms with Gasteiger partial charge in [-0.05, 0) is 42.5 Å². The predicted octanol–water partition coefficient (Wildman–Crippen LogP) is 2.32. The van der Waals surface area contributed by atoms with E-state index >= 15 is 0 Å². The van der Waals surface area contributed by atoms with E-state index in [0.29, 0.717) is 5.75 Å². The number of carbonyl (C=O) groups excluding carboxylic acids is 1. The zero-order chi connectivity index (χ0) is 16.3. The van der Waals surface area contributed by atoms with Gasteiger partial charge in [0.15, 0.2) is 5.78 Å². The lowest BCUT2D eigenvalue weighted by Crippen LogP contribution is -2.11. The molecule has 0 aliphatic rings. The Morgan fingerprint density at radius 3 is 1.91 bits per heavy atom. The van der Waals surface area contributed by atoms with Gasteiger partial charge in [-0.15, -0.1) is 0 Å². The van der Waals surface area contributed by atoms with E-state index in [1.807, 2.05) is 0 Å². The Kier molecular flexibility index (Phi) is 4.22. The molecular formula is C16H12O6. The van der Waals surface area contributed by atoms with E-state index in [0.717, 1.165) is 18.2 Å². The summed E-state index contributed by atoms with van der Waals surface area (Å²) >= 11 is 0. The average Bonchev–Trinajstić information content (AvgIpc) is 2.53. The number of hydrogen-bond donors (Lipinski definition) is 2. The van der Waals surface area contributed by atoms with E-state index < -0.39 is 17.7 Å². The normalized spacial score (nSPS) is 10.0. The van der Waals surface area contributed by atoms with Crippen LogP contribution in [0.25, 0.3) is 0 Å². The number of carboxylic acid groups (broad SMARTS) is 2. The molecule has 0 aliphatic heterocycles. The highest BCUT2D eigenvalue weighted by Gasteiger charge is 2.20. The highest BCUT2D eigenvalue weighted by molar-refractivity contribution is 6.15. The minimum atomic E-state index is -1.30. The third-order valence-electron chi connectivity index (χ3n) is 3.09. The molecule has 6 nitrogen and oxygen atoms in total. The number of carboxylic acids is 2. The first-order valence-electron chi connectivity index (χ1n) is 6.23. The third-order valence-corrected chi connectivity index (χ3v) is 3.09. The molecule has 0 radical (unpaired) electrons. The van der Waals surface area contributed by atoms with Crippen LogP contribution in [0.3, 0.4) is 0 Å². The second-order valence-electron chi connectivity index (χ2n) is 4.43. The number of carbonyl (C=O) groups is 3.